The highest BCUT2D eigenvalue weighted by Gasteiger charge is 2.14. The van der Waals surface area contributed by atoms with Crippen molar-refractivity contribution in [2.24, 2.45) is 9.98 Å². The van der Waals surface area contributed by atoms with Gasteiger partial charge in [0.15, 0.2) is 0 Å². The van der Waals surface area contributed by atoms with Gasteiger partial charge in [-0.2, -0.15) is 9.98 Å². The number of carbonyl (C=O) groups excluding carboxylic acids is 2. The second kappa shape index (κ2) is 6.06. The van der Waals surface area contributed by atoms with Crippen molar-refractivity contribution in [3.8, 4) is 0 Å². The Morgan fingerprint density at radius 3 is 2.33 bits per heavy atom. The van der Waals surface area contributed by atoms with Crippen molar-refractivity contribution in [3.05, 3.63) is 23.3 Å². The van der Waals surface area contributed by atoms with E-state index < -0.39 is 0 Å². The molecule has 2 rings (SSSR count). The Morgan fingerprint density at radius 1 is 0.889 bits per heavy atom. The monoisotopic (exact) mass is 242 g/mol. The maximum atomic E-state index is 10.5. The van der Waals surface area contributed by atoms with Gasteiger partial charge in [0, 0.05) is 0 Å². The molecule has 18 heavy (non-hydrogen) atoms. The Balaban J connectivity index is 2.57. The van der Waals surface area contributed by atoms with Crippen LogP contribution in [0.25, 0.3) is 0 Å². The highest BCUT2D eigenvalue weighted by atomic mass is 16.1. The quantitative estimate of drug-likeness (QED) is 0.590. The Labute approximate surface area is 105 Å². The fraction of sp³-hybridized carbons (Fsp3) is 0.429. The number of fused-ring (bicyclic) bond motifs is 1. The van der Waals surface area contributed by atoms with Crippen molar-refractivity contribution in [2.45, 2.75) is 38.5 Å². The van der Waals surface area contributed by atoms with Crippen LogP contribution in [-0.4, -0.2) is 12.2 Å². The molecule has 0 radical (unpaired) electrons. The van der Waals surface area contributed by atoms with Crippen LogP contribution in [0.15, 0.2) is 22.1 Å². The minimum Gasteiger partial charge on any atom is -0.211 e. The van der Waals surface area contributed by atoms with Crippen LogP contribution >= 0.6 is 0 Å². The SMILES string of the molecule is O=C=Nc1ccc2c(c1N=C=O)CCCCCC2. The third-order valence-electron chi connectivity index (χ3n) is 3.30. The molecule has 0 amide bonds. The van der Waals surface area contributed by atoms with Gasteiger partial charge < -0.3 is 0 Å². The van der Waals surface area contributed by atoms with E-state index in [1.165, 1.54) is 24.5 Å². The lowest BCUT2D eigenvalue weighted by Gasteiger charge is -2.16. The van der Waals surface area contributed by atoms with Crippen LogP contribution in [0.4, 0.5) is 11.4 Å². The molecule has 0 saturated carbocycles. The Hall–Kier alpha value is -2.02. The Bertz CT molecular complexity index is 539. The van der Waals surface area contributed by atoms with E-state index in [9.17, 15) is 9.59 Å². The summed E-state index contributed by atoms with van der Waals surface area (Å²) in [5, 5.41) is 0. The predicted molar refractivity (Wildman–Crippen MR) is 67.9 cm³/mol. The Kier molecular flexibility index (Phi) is 4.19. The number of hydrogen-bond donors (Lipinski definition) is 0. The highest BCUT2D eigenvalue weighted by Crippen LogP contribution is 2.36. The first-order chi connectivity index (χ1) is 8.86. The molecular weight excluding hydrogens is 228 g/mol. The van der Waals surface area contributed by atoms with Crippen molar-refractivity contribution in [1.82, 2.24) is 0 Å². The molecule has 4 nitrogen and oxygen atoms in total. The van der Waals surface area contributed by atoms with Gasteiger partial charge >= 0.3 is 0 Å². The molecule has 0 saturated heterocycles. The second-order valence-electron chi connectivity index (χ2n) is 4.39. The van der Waals surface area contributed by atoms with Crippen LogP contribution in [-0.2, 0) is 22.4 Å². The fourth-order valence-electron chi connectivity index (χ4n) is 2.46. The van der Waals surface area contributed by atoms with Gasteiger partial charge in [-0.15, -0.1) is 0 Å². The van der Waals surface area contributed by atoms with Gasteiger partial charge in [0.05, 0.1) is 0 Å². The normalized spacial score (nSPS) is 14.4. The van der Waals surface area contributed by atoms with Gasteiger partial charge in [-0.3, -0.25) is 0 Å². The molecule has 1 aromatic carbocycles. The largest absolute Gasteiger partial charge is 0.240 e. The molecule has 92 valence electrons. The molecule has 0 spiro atoms. The molecular formula is C14H14N2O2. The van der Waals surface area contributed by atoms with E-state index in [1.54, 1.807) is 12.1 Å². The van der Waals surface area contributed by atoms with E-state index in [1.807, 2.05) is 6.07 Å². The summed E-state index contributed by atoms with van der Waals surface area (Å²) in [5.41, 5.74) is 3.14. The van der Waals surface area contributed by atoms with E-state index in [0.717, 1.165) is 31.2 Å². The topological polar surface area (TPSA) is 58.9 Å². The van der Waals surface area contributed by atoms with E-state index in [0.29, 0.717) is 11.4 Å². The lowest BCUT2D eigenvalue weighted by Crippen LogP contribution is -2.00. The molecule has 4 heteroatoms. The maximum Gasteiger partial charge on any atom is 0.240 e. The summed E-state index contributed by atoms with van der Waals surface area (Å²) in [6.07, 6.45) is 9.56. The van der Waals surface area contributed by atoms with Crippen molar-refractivity contribution < 1.29 is 9.59 Å². The van der Waals surface area contributed by atoms with Crippen molar-refractivity contribution in [3.63, 3.8) is 0 Å². The summed E-state index contributed by atoms with van der Waals surface area (Å²) in [5.74, 6) is 0. The lowest BCUT2D eigenvalue weighted by atomic mass is 9.91. The molecule has 0 unspecified atom stereocenters. The first-order valence-electron chi connectivity index (χ1n) is 6.17. The van der Waals surface area contributed by atoms with Gasteiger partial charge in [0.25, 0.3) is 0 Å². The molecule has 0 aliphatic heterocycles. The van der Waals surface area contributed by atoms with E-state index >= 15 is 0 Å². The van der Waals surface area contributed by atoms with Crippen molar-refractivity contribution >= 4 is 23.5 Å². The summed E-state index contributed by atoms with van der Waals surface area (Å²) in [4.78, 5) is 28.3. The van der Waals surface area contributed by atoms with E-state index in [4.69, 9.17) is 0 Å². The number of nitrogens with zero attached hydrogens (tertiary/aromatic N) is 2. The second-order valence-corrected chi connectivity index (χ2v) is 4.39. The first kappa shape index (κ1) is 12.4. The average Bonchev–Trinajstić information content (AvgIpc) is 2.34. The summed E-state index contributed by atoms with van der Waals surface area (Å²) >= 11 is 0. The van der Waals surface area contributed by atoms with E-state index in [2.05, 4.69) is 9.98 Å². The summed E-state index contributed by atoms with van der Waals surface area (Å²) in [6, 6.07) is 3.70. The minimum atomic E-state index is 0.410. The molecule has 0 heterocycles. The zero-order valence-corrected chi connectivity index (χ0v) is 10.1. The van der Waals surface area contributed by atoms with Crippen LogP contribution in [0.1, 0.15) is 36.8 Å². The number of hydrogen-bond acceptors (Lipinski definition) is 4. The standard InChI is InChI=1S/C14H14N2O2/c17-9-15-13-8-7-11-5-3-1-2-4-6-12(11)14(13)16-10-18/h7-8H,1-6H2. The number of aliphatic imine (C=N–C) groups is 2. The van der Waals surface area contributed by atoms with Crippen LogP contribution in [0, 0.1) is 0 Å². The number of benzene rings is 1. The zero-order valence-electron chi connectivity index (χ0n) is 10.1. The molecule has 0 atom stereocenters. The molecule has 0 N–H and O–H groups in total. The maximum absolute atomic E-state index is 10.5. The highest BCUT2D eigenvalue weighted by molar-refractivity contribution is 5.73. The van der Waals surface area contributed by atoms with Crippen LogP contribution < -0.4 is 0 Å². The van der Waals surface area contributed by atoms with Gasteiger partial charge in [-0.1, -0.05) is 18.9 Å². The summed E-state index contributed by atoms with van der Waals surface area (Å²) in [6.45, 7) is 0. The molecule has 0 aromatic heterocycles. The van der Waals surface area contributed by atoms with Crippen molar-refractivity contribution in [1.29, 1.82) is 0 Å². The van der Waals surface area contributed by atoms with Crippen LogP contribution in [0.2, 0.25) is 0 Å². The fourth-order valence-corrected chi connectivity index (χ4v) is 2.46. The zero-order chi connectivity index (χ0) is 12.8. The van der Waals surface area contributed by atoms with Crippen LogP contribution in [0.3, 0.4) is 0 Å². The summed E-state index contributed by atoms with van der Waals surface area (Å²) in [7, 11) is 0. The summed E-state index contributed by atoms with van der Waals surface area (Å²) < 4.78 is 0. The average molecular weight is 242 g/mol. The first-order valence-corrected chi connectivity index (χ1v) is 6.17. The van der Waals surface area contributed by atoms with E-state index in [-0.39, 0.29) is 0 Å². The van der Waals surface area contributed by atoms with Crippen molar-refractivity contribution in [2.75, 3.05) is 0 Å². The third kappa shape index (κ3) is 2.62. The predicted octanol–water partition coefficient (Wildman–Crippen LogP) is 3.28. The third-order valence-corrected chi connectivity index (χ3v) is 3.30. The Morgan fingerprint density at radius 2 is 1.61 bits per heavy atom. The molecule has 0 fully saturated rings. The number of aryl methyl sites for hydroxylation is 1. The van der Waals surface area contributed by atoms with Gasteiger partial charge in [-0.05, 0) is 42.9 Å². The molecule has 1 aliphatic carbocycles. The minimum absolute atomic E-state index is 0.410. The molecule has 0 bridgehead atoms. The molecule has 1 aliphatic rings. The number of rotatable bonds is 2. The number of isocyanates is 2. The van der Waals surface area contributed by atoms with Crippen LogP contribution in [0.5, 0.6) is 0 Å². The van der Waals surface area contributed by atoms with Gasteiger partial charge in [0.2, 0.25) is 12.2 Å². The van der Waals surface area contributed by atoms with Gasteiger partial charge in [0.1, 0.15) is 11.4 Å². The molecule has 1 aromatic rings. The lowest BCUT2D eigenvalue weighted by molar-refractivity contribution is 0.564. The smallest absolute Gasteiger partial charge is 0.211 e. The van der Waals surface area contributed by atoms with Gasteiger partial charge in [-0.25, -0.2) is 9.59 Å².